The standard InChI is InChI=1S/C30H31N5O4S/c1-17(2)26(35-14-22-9-6-20(12-31)10-24(22)29(35)38)30(39)34-15-23(36)11-25(34)28(37)32-13-19-4-7-21(8-5-19)27-18(3)33-16-40-27/h4-10,16-17,23,25-26,36H,11,13-15H2,1-3H3,(H,32,37)/t23-,25+,26+/m1/s1. The van der Waals surface area contributed by atoms with E-state index in [9.17, 15) is 24.8 Å². The number of aliphatic hydroxyl groups is 1. The van der Waals surface area contributed by atoms with Crippen molar-refractivity contribution in [1.82, 2.24) is 20.1 Å². The van der Waals surface area contributed by atoms with Crippen molar-refractivity contribution < 1.29 is 19.5 Å². The van der Waals surface area contributed by atoms with Crippen LogP contribution in [0.4, 0.5) is 0 Å². The zero-order valence-electron chi connectivity index (χ0n) is 22.6. The summed E-state index contributed by atoms with van der Waals surface area (Å²) in [7, 11) is 0. The van der Waals surface area contributed by atoms with Gasteiger partial charge in [-0.3, -0.25) is 14.4 Å². The van der Waals surface area contributed by atoms with Gasteiger partial charge in [-0.15, -0.1) is 11.3 Å². The van der Waals surface area contributed by atoms with Gasteiger partial charge in [-0.2, -0.15) is 5.26 Å². The van der Waals surface area contributed by atoms with Crippen LogP contribution in [0, 0.1) is 24.2 Å². The van der Waals surface area contributed by atoms with Crippen LogP contribution in [0.3, 0.4) is 0 Å². The number of aromatic nitrogens is 1. The van der Waals surface area contributed by atoms with Gasteiger partial charge in [0, 0.05) is 31.6 Å². The van der Waals surface area contributed by atoms with Crippen LogP contribution >= 0.6 is 11.3 Å². The lowest BCUT2D eigenvalue weighted by atomic mass is 10.0. The van der Waals surface area contributed by atoms with Gasteiger partial charge in [-0.1, -0.05) is 44.2 Å². The van der Waals surface area contributed by atoms with Crippen molar-refractivity contribution in [3.8, 4) is 16.5 Å². The highest BCUT2D eigenvalue weighted by Gasteiger charge is 2.45. The first-order valence-corrected chi connectivity index (χ1v) is 14.2. The lowest BCUT2D eigenvalue weighted by Crippen LogP contribution is -2.55. The van der Waals surface area contributed by atoms with Gasteiger partial charge in [0.05, 0.1) is 33.8 Å². The number of hydrogen-bond acceptors (Lipinski definition) is 7. The van der Waals surface area contributed by atoms with Crippen molar-refractivity contribution in [3.05, 3.63) is 75.9 Å². The minimum Gasteiger partial charge on any atom is -0.391 e. The molecule has 206 valence electrons. The van der Waals surface area contributed by atoms with Gasteiger partial charge in [0.2, 0.25) is 11.8 Å². The van der Waals surface area contributed by atoms with Crippen LogP contribution in [0.15, 0.2) is 48.0 Å². The number of aliphatic hydroxyl groups excluding tert-OH is 1. The zero-order chi connectivity index (χ0) is 28.6. The first-order valence-electron chi connectivity index (χ1n) is 13.3. The Morgan fingerprint density at radius 3 is 2.62 bits per heavy atom. The van der Waals surface area contributed by atoms with E-state index >= 15 is 0 Å². The number of fused-ring (bicyclic) bond motifs is 1. The van der Waals surface area contributed by atoms with Crippen LogP contribution in [0.2, 0.25) is 0 Å². The van der Waals surface area contributed by atoms with Crippen molar-refractivity contribution in [2.75, 3.05) is 6.54 Å². The van der Waals surface area contributed by atoms with Gasteiger partial charge < -0.3 is 20.2 Å². The molecule has 1 saturated heterocycles. The zero-order valence-corrected chi connectivity index (χ0v) is 23.4. The number of nitrogens with one attached hydrogen (secondary N) is 1. The molecular formula is C30H31N5O4S. The second-order valence-corrected chi connectivity index (χ2v) is 11.5. The second kappa shape index (κ2) is 11.2. The van der Waals surface area contributed by atoms with Gasteiger partial charge in [0.1, 0.15) is 12.1 Å². The minimum absolute atomic E-state index is 0.0244. The number of hydrogen-bond donors (Lipinski definition) is 2. The van der Waals surface area contributed by atoms with Gasteiger partial charge in [-0.25, -0.2) is 4.98 Å². The molecule has 0 bridgehead atoms. The van der Waals surface area contributed by atoms with Crippen molar-refractivity contribution >= 4 is 29.1 Å². The Labute approximate surface area is 237 Å². The van der Waals surface area contributed by atoms with Crippen molar-refractivity contribution in [3.63, 3.8) is 0 Å². The smallest absolute Gasteiger partial charge is 0.255 e. The molecule has 2 aliphatic heterocycles. The fourth-order valence-electron chi connectivity index (χ4n) is 5.53. The molecular weight excluding hydrogens is 526 g/mol. The average molecular weight is 558 g/mol. The van der Waals surface area contributed by atoms with E-state index in [0.29, 0.717) is 11.1 Å². The number of β-amino-alcohol motifs (C(OH)–C–C–N with tert-alkyl or cyclic N) is 1. The summed E-state index contributed by atoms with van der Waals surface area (Å²) >= 11 is 1.58. The fraction of sp³-hybridized carbons (Fsp3) is 0.367. The van der Waals surface area contributed by atoms with Crippen molar-refractivity contribution in [2.45, 2.75) is 58.5 Å². The van der Waals surface area contributed by atoms with Crippen LogP contribution < -0.4 is 5.32 Å². The Kier molecular flexibility index (Phi) is 7.70. The van der Waals surface area contributed by atoms with E-state index in [2.05, 4.69) is 10.3 Å². The molecule has 2 aliphatic rings. The fourth-order valence-corrected chi connectivity index (χ4v) is 6.34. The molecule has 2 aromatic carbocycles. The maximum Gasteiger partial charge on any atom is 0.255 e. The first kappa shape index (κ1) is 27.5. The number of nitriles is 1. The van der Waals surface area contributed by atoms with Crippen LogP contribution in [0.25, 0.3) is 10.4 Å². The highest BCUT2D eigenvalue weighted by molar-refractivity contribution is 7.13. The molecule has 2 N–H and O–H groups in total. The van der Waals surface area contributed by atoms with E-state index < -0.39 is 18.2 Å². The van der Waals surface area contributed by atoms with E-state index in [1.54, 1.807) is 29.5 Å². The summed E-state index contributed by atoms with van der Waals surface area (Å²) in [5.74, 6) is -1.25. The molecule has 1 aromatic heterocycles. The Morgan fingerprint density at radius 1 is 1.23 bits per heavy atom. The highest BCUT2D eigenvalue weighted by atomic mass is 32.1. The quantitative estimate of drug-likeness (QED) is 0.459. The summed E-state index contributed by atoms with van der Waals surface area (Å²) < 4.78 is 0. The second-order valence-electron chi connectivity index (χ2n) is 10.7. The van der Waals surface area contributed by atoms with E-state index in [-0.39, 0.29) is 49.7 Å². The summed E-state index contributed by atoms with van der Waals surface area (Å²) in [5, 5.41) is 22.6. The largest absolute Gasteiger partial charge is 0.391 e. The predicted molar refractivity (Wildman–Crippen MR) is 150 cm³/mol. The molecule has 0 aliphatic carbocycles. The molecule has 0 radical (unpaired) electrons. The lowest BCUT2D eigenvalue weighted by Gasteiger charge is -2.35. The third-order valence-corrected chi connectivity index (χ3v) is 8.56. The van der Waals surface area contributed by atoms with Crippen molar-refractivity contribution in [2.24, 2.45) is 5.92 Å². The summed E-state index contributed by atoms with van der Waals surface area (Å²) in [5.41, 5.74) is 6.32. The number of carbonyl (C=O) groups excluding carboxylic acids is 3. The van der Waals surface area contributed by atoms with E-state index in [1.807, 2.05) is 56.6 Å². The molecule has 0 spiro atoms. The van der Waals surface area contributed by atoms with E-state index in [4.69, 9.17) is 0 Å². The molecule has 9 nitrogen and oxygen atoms in total. The summed E-state index contributed by atoms with van der Waals surface area (Å²) in [6, 6.07) is 13.2. The van der Waals surface area contributed by atoms with Crippen LogP contribution in [0.1, 0.15) is 53.0 Å². The van der Waals surface area contributed by atoms with Crippen LogP contribution in [-0.4, -0.2) is 62.3 Å². The number of thiazole rings is 1. The number of aryl methyl sites for hydroxylation is 1. The monoisotopic (exact) mass is 557 g/mol. The molecule has 40 heavy (non-hydrogen) atoms. The number of carbonyl (C=O) groups is 3. The number of nitrogens with zero attached hydrogens (tertiary/aromatic N) is 4. The number of benzene rings is 2. The summed E-state index contributed by atoms with van der Waals surface area (Å²) in [4.78, 5) is 48.8. The third-order valence-electron chi connectivity index (χ3n) is 7.58. The van der Waals surface area contributed by atoms with E-state index in [1.165, 1.54) is 9.80 Å². The maximum absolute atomic E-state index is 13.9. The van der Waals surface area contributed by atoms with Gasteiger partial charge in [-0.05, 0) is 41.7 Å². The van der Waals surface area contributed by atoms with Crippen molar-refractivity contribution in [1.29, 1.82) is 5.26 Å². The SMILES string of the molecule is Cc1ncsc1-c1ccc(CNC(=O)[C@@H]2C[C@@H](O)CN2C(=O)[C@H](C(C)C)N2Cc3ccc(C#N)cc3C2=O)cc1. The van der Waals surface area contributed by atoms with Gasteiger partial charge in [0.15, 0.2) is 0 Å². The van der Waals surface area contributed by atoms with E-state index in [0.717, 1.165) is 27.3 Å². The normalized spacial score (nSPS) is 19.1. The molecule has 0 unspecified atom stereocenters. The molecule has 5 rings (SSSR count). The Hall–Kier alpha value is -4.07. The Bertz CT molecular complexity index is 1490. The molecule has 3 amide bonds. The lowest BCUT2D eigenvalue weighted by molar-refractivity contribution is -0.143. The molecule has 0 saturated carbocycles. The summed E-state index contributed by atoms with van der Waals surface area (Å²) in [6.45, 7) is 6.24. The number of likely N-dealkylation sites (tertiary alicyclic amines) is 1. The van der Waals surface area contributed by atoms with Gasteiger partial charge in [0.25, 0.3) is 5.91 Å². The Balaban J connectivity index is 1.28. The Morgan fingerprint density at radius 2 is 1.98 bits per heavy atom. The molecule has 10 heteroatoms. The van der Waals surface area contributed by atoms with Crippen LogP contribution in [0.5, 0.6) is 0 Å². The highest BCUT2D eigenvalue weighted by Crippen LogP contribution is 2.31. The predicted octanol–water partition coefficient (Wildman–Crippen LogP) is 3.25. The minimum atomic E-state index is -0.840. The average Bonchev–Trinajstić information content (AvgIpc) is 3.64. The third kappa shape index (κ3) is 5.22. The first-order chi connectivity index (χ1) is 19.2. The number of rotatable bonds is 7. The summed E-state index contributed by atoms with van der Waals surface area (Å²) in [6.07, 6.45) is -0.704. The molecule has 3 heterocycles. The topological polar surface area (TPSA) is 127 Å². The molecule has 1 fully saturated rings. The molecule has 3 aromatic rings. The maximum atomic E-state index is 13.9. The van der Waals surface area contributed by atoms with Gasteiger partial charge >= 0.3 is 0 Å². The molecule has 3 atom stereocenters. The van der Waals surface area contributed by atoms with Crippen LogP contribution in [-0.2, 0) is 22.7 Å². The number of amides is 3.